The summed E-state index contributed by atoms with van der Waals surface area (Å²) in [7, 11) is 1.86. The maximum absolute atomic E-state index is 9.06. The minimum atomic E-state index is -0.194. The molecule has 1 fully saturated rings. The largest absolute Gasteiger partial charge is 0.390 e. The molecule has 0 saturated carbocycles. The van der Waals surface area contributed by atoms with Gasteiger partial charge in [-0.3, -0.25) is 0 Å². The molecule has 3 nitrogen and oxygen atoms in total. The van der Waals surface area contributed by atoms with Gasteiger partial charge >= 0.3 is 0 Å². The van der Waals surface area contributed by atoms with Crippen LogP contribution in [0.3, 0.4) is 0 Å². The molecule has 1 aliphatic rings. The molecule has 0 unspecified atom stereocenters. The molecule has 1 heterocycles. The second-order valence-electron chi connectivity index (χ2n) is 2.12. The molecule has 0 amide bonds. The molecule has 48 valence electrons. The zero-order chi connectivity index (χ0) is 5.98. The van der Waals surface area contributed by atoms with E-state index in [0.29, 0.717) is 0 Å². The van der Waals surface area contributed by atoms with Crippen LogP contribution in [0.2, 0.25) is 0 Å². The van der Waals surface area contributed by atoms with Crippen molar-refractivity contribution in [3.05, 3.63) is 0 Å². The van der Waals surface area contributed by atoms with E-state index >= 15 is 0 Å². The zero-order valence-electron chi connectivity index (χ0n) is 5.02. The fourth-order valence-corrected chi connectivity index (χ4v) is 0.959. The van der Waals surface area contributed by atoms with Gasteiger partial charge in [-0.15, -0.1) is 0 Å². The highest BCUT2D eigenvalue weighted by atomic mass is 16.3. The molecule has 0 spiro atoms. The van der Waals surface area contributed by atoms with Gasteiger partial charge in [0.05, 0.1) is 6.10 Å². The summed E-state index contributed by atoms with van der Waals surface area (Å²) >= 11 is 0. The molecular formula is C5H12N2O. The Morgan fingerprint density at radius 2 is 2.38 bits per heavy atom. The molecule has 1 aliphatic heterocycles. The Balaban J connectivity index is 2.30. The molecule has 0 bridgehead atoms. The lowest BCUT2D eigenvalue weighted by Gasteiger charge is -2.09. The van der Waals surface area contributed by atoms with Crippen LogP contribution in [-0.4, -0.2) is 37.4 Å². The van der Waals surface area contributed by atoms with Crippen LogP contribution in [-0.2, 0) is 0 Å². The fraction of sp³-hybridized carbons (Fsp3) is 1.00. The lowest BCUT2D eigenvalue weighted by atomic mass is 10.2. The highest BCUT2D eigenvalue weighted by Crippen LogP contribution is 1.96. The van der Waals surface area contributed by atoms with Crippen molar-refractivity contribution < 1.29 is 5.11 Å². The van der Waals surface area contributed by atoms with Gasteiger partial charge in [0.25, 0.3) is 0 Å². The summed E-state index contributed by atoms with van der Waals surface area (Å²) in [5.41, 5.74) is 0. The molecule has 0 radical (unpaired) electrons. The molecule has 2 atom stereocenters. The van der Waals surface area contributed by atoms with Crippen LogP contribution in [0.4, 0.5) is 0 Å². The first-order chi connectivity index (χ1) is 3.84. The third-order valence-corrected chi connectivity index (χ3v) is 1.55. The van der Waals surface area contributed by atoms with Crippen molar-refractivity contribution in [2.45, 2.75) is 12.1 Å². The second-order valence-corrected chi connectivity index (χ2v) is 2.12. The number of hydrogen-bond acceptors (Lipinski definition) is 3. The van der Waals surface area contributed by atoms with Crippen molar-refractivity contribution in [2.75, 3.05) is 20.1 Å². The van der Waals surface area contributed by atoms with Gasteiger partial charge in [0.1, 0.15) is 0 Å². The number of rotatable bonds is 1. The zero-order valence-corrected chi connectivity index (χ0v) is 5.02. The van der Waals surface area contributed by atoms with Gasteiger partial charge in [0.2, 0.25) is 0 Å². The summed E-state index contributed by atoms with van der Waals surface area (Å²) in [5.74, 6) is 0. The van der Waals surface area contributed by atoms with E-state index in [2.05, 4.69) is 10.6 Å². The lowest BCUT2D eigenvalue weighted by molar-refractivity contribution is 0.167. The highest BCUT2D eigenvalue weighted by Gasteiger charge is 2.22. The molecule has 0 aromatic rings. The van der Waals surface area contributed by atoms with Gasteiger partial charge < -0.3 is 15.7 Å². The van der Waals surface area contributed by atoms with Gasteiger partial charge in [-0.2, -0.15) is 0 Å². The molecule has 8 heavy (non-hydrogen) atoms. The summed E-state index contributed by atoms with van der Waals surface area (Å²) in [6.45, 7) is 1.61. The third kappa shape index (κ3) is 0.992. The minimum absolute atomic E-state index is 0.194. The van der Waals surface area contributed by atoms with Crippen LogP contribution in [0.1, 0.15) is 0 Å². The van der Waals surface area contributed by atoms with Crippen molar-refractivity contribution in [3.8, 4) is 0 Å². The molecule has 1 rings (SSSR count). The SMILES string of the molecule is CN[C@@H]1CNC[C@@H]1O. The first-order valence-electron chi connectivity index (χ1n) is 2.90. The highest BCUT2D eigenvalue weighted by molar-refractivity contribution is 4.84. The van der Waals surface area contributed by atoms with Crippen molar-refractivity contribution in [1.29, 1.82) is 0 Å². The van der Waals surface area contributed by atoms with Crippen LogP contribution in [0.5, 0.6) is 0 Å². The quantitative estimate of drug-likeness (QED) is 0.392. The van der Waals surface area contributed by atoms with E-state index in [-0.39, 0.29) is 12.1 Å². The van der Waals surface area contributed by atoms with Gasteiger partial charge in [-0.1, -0.05) is 0 Å². The van der Waals surface area contributed by atoms with Crippen molar-refractivity contribution in [3.63, 3.8) is 0 Å². The summed E-state index contributed by atoms with van der Waals surface area (Å²) in [6.07, 6.45) is -0.194. The van der Waals surface area contributed by atoms with E-state index in [1.165, 1.54) is 0 Å². The Kier molecular flexibility index (Phi) is 1.83. The maximum Gasteiger partial charge on any atom is 0.0829 e. The standard InChI is InChI=1S/C5H12N2O/c1-6-4-2-7-3-5(4)8/h4-8H,2-3H2,1H3/t4-,5+/m1/s1. The van der Waals surface area contributed by atoms with Crippen molar-refractivity contribution in [2.24, 2.45) is 0 Å². The summed E-state index contributed by atoms with van der Waals surface area (Å²) in [6, 6.07) is 0.259. The normalized spacial score (nSPS) is 38.2. The van der Waals surface area contributed by atoms with Gasteiger partial charge in [-0.25, -0.2) is 0 Å². The average molecular weight is 116 g/mol. The van der Waals surface area contributed by atoms with E-state index in [0.717, 1.165) is 13.1 Å². The van der Waals surface area contributed by atoms with Crippen LogP contribution in [0, 0.1) is 0 Å². The fourth-order valence-electron chi connectivity index (χ4n) is 0.959. The van der Waals surface area contributed by atoms with E-state index < -0.39 is 0 Å². The van der Waals surface area contributed by atoms with Gasteiger partial charge in [0.15, 0.2) is 0 Å². The first-order valence-corrected chi connectivity index (χ1v) is 2.90. The Bertz CT molecular complexity index is 76.8. The Morgan fingerprint density at radius 3 is 2.62 bits per heavy atom. The molecule has 0 aliphatic carbocycles. The van der Waals surface area contributed by atoms with Crippen LogP contribution in [0.15, 0.2) is 0 Å². The number of β-amino-alcohol motifs (C(OH)–C–C–N with tert-alkyl or cyclic N) is 1. The maximum atomic E-state index is 9.06. The van der Waals surface area contributed by atoms with E-state index in [1.807, 2.05) is 7.05 Å². The van der Waals surface area contributed by atoms with Crippen LogP contribution >= 0.6 is 0 Å². The Morgan fingerprint density at radius 1 is 1.62 bits per heavy atom. The summed E-state index contributed by atoms with van der Waals surface area (Å²) < 4.78 is 0. The lowest BCUT2D eigenvalue weighted by Crippen LogP contribution is -2.36. The third-order valence-electron chi connectivity index (χ3n) is 1.55. The number of aliphatic hydroxyl groups is 1. The summed E-state index contributed by atoms with van der Waals surface area (Å²) in [4.78, 5) is 0. The Hall–Kier alpha value is -0.120. The average Bonchev–Trinajstić information content (AvgIpc) is 2.14. The van der Waals surface area contributed by atoms with Crippen LogP contribution < -0.4 is 10.6 Å². The van der Waals surface area contributed by atoms with Crippen LogP contribution in [0.25, 0.3) is 0 Å². The van der Waals surface area contributed by atoms with Crippen molar-refractivity contribution in [1.82, 2.24) is 10.6 Å². The van der Waals surface area contributed by atoms with Gasteiger partial charge in [0, 0.05) is 19.1 Å². The molecule has 3 heteroatoms. The number of hydrogen-bond donors (Lipinski definition) is 3. The molecule has 0 aromatic carbocycles. The minimum Gasteiger partial charge on any atom is -0.390 e. The molecular weight excluding hydrogens is 104 g/mol. The Labute approximate surface area is 49.1 Å². The topological polar surface area (TPSA) is 44.3 Å². The molecule has 3 N–H and O–H groups in total. The second kappa shape index (κ2) is 2.44. The number of likely N-dealkylation sites (N-methyl/N-ethyl adjacent to an activating group) is 1. The monoisotopic (exact) mass is 116 g/mol. The predicted molar refractivity (Wildman–Crippen MR) is 31.7 cm³/mol. The van der Waals surface area contributed by atoms with E-state index in [9.17, 15) is 0 Å². The molecule has 1 saturated heterocycles. The summed E-state index contributed by atoms with van der Waals surface area (Å²) in [5, 5.41) is 15.1. The smallest absolute Gasteiger partial charge is 0.0829 e. The van der Waals surface area contributed by atoms with E-state index in [4.69, 9.17) is 5.11 Å². The number of nitrogens with one attached hydrogen (secondary N) is 2. The number of aliphatic hydroxyl groups excluding tert-OH is 1. The molecule has 0 aromatic heterocycles. The van der Waals surface area contributed by atoms with Crippen molar-refractivity contribution >= 4 is 0 Å². The predicted octanol–water partition coefficient (Wildman–Crippen LogP) is -1.46. The first kappa shape index (κ1) is 6.01. The van der Waals surface area contributed by atoms with Gasteiger partial charge in [-0.05, 0) is 7.05 Å². The van der Waals surface area contributed by atoms with E-state index in [1.54, 1.807) is 0 Å².